The van der Waals surface area contributed by atoms with Crippen LogP contribution in [0.3, 0.4) is 0 Å². The summed E-state index contributed by atoms with van der Waals surface area (Å²) in [4.78, 5) is 0. The molecule has 154 valence electrons. The van der Waals surface area contributed by atoms with E-state index in [0.717, 1.165) is 0 Å². The van der Waals surface area contributed by atoms with Crippen LogP contribution in [0, 0.1) is 0 Å². The molecule has 0 fully saturated rings. The molecule has 0 aliphatic carbocycles. The Bertz CT molecular complexity index is 423. The summed E-state index contributed by atoms with van der Waals surface area (Å²) >= 11 is 0. The lowest BCUT2D eigenvalue weighted by molar-refractivity contribution is -0.568. The smallest absolute Gasteiger partial charge is 0.174 e. The molecule has 0 radical (unpaired) electrons. The van der Waals surface area contributed by atoms with E-state index in [1.807, 2.05) is 0 Å². The summed E-state index contributed by atoms with van der Waals surface area (Å²) in [6.45, 7) is 2.30. The third-order valence-electron chi connectivity index (χ3n) is 5.49. The van der Waals surface area contributed by atoms with Gasteiger partial charge in [0, 0.05) is 12.1 Å². The van der Waals surface area contributed by atoms with Gasteiger partial charge in [0.1, 0.15) is 0 Å². The van der Waals surface area contributed by atoms with Crippen LogP contribution in [-0.4, -0.2) is 0 Å². The van der Waals surface area contributed by atoms with Crippen molar-refractivity contribution in [3.63, 3.8) is 0 Å². The first-order valence-electron chi connectivity index (χ1n) is 12.1. The molecule has 1 aromatic rings. The van der Waals surface area contributed by atoms with Gasteiger partial charge in [-0.05, 0) is 18.9 Å². The van der Waals surface area contributed by atoms with Gasteiger partial charge in [0.25, 0.3) is 0 Å². The third kappa shape index (κ3) is 16.8. The van der Waals surface area contributed by atoms with Gasteiger partial charge in [0.2, 0.25) is 0 Å². The lowest BCUT2D eigenvalue weighted by Crippen LogP contribution is -2.23. The molecule has 0 unspecified atom stereocenters. The molecule has 1 heterocycles. The fourth-order valence-corrected chi connectivity index (χ4v) is 3.69. The van der Waals surface area contributed by atoms with E-state index in [0.29, 0.717) is 0 Å². The molecule has 1 nitrogen and oxygen atoms in total. The summed E-state index contributed by atoms with van der Waals surface area (Å²) in [5.41, 5.74) is 0. The molecule has 27 heavy (non-hydrogen) atoms. The highest BCUT2D eigenvalue weighted by atomic mass is 14.9. The maximum absolute atomic E-state index is 2.30. The van der Waals surface area contributed by atoms with E-state index < -0.39 is 0 Å². The highest BCUT2D eigenvalue weighted by molar-refractivity contribution is 5.06. The van der Waals surface area contributed by atoms with Crippen LogP contribution in [0.2, 0.25) is 0 Å². The van der Waals surface area contributed by atoms with Gasteiger partial charge in [-0.3, -0.25) is 0 Å². The van der Waals surface area contributed by atoms with Crippen molar-refractivity contribution in [3.05, 3.63) is 36.7 Å². The minimum atomic E-state index is 1.21. The first-order valence-corrected chi connectivity index (χ1v) is 12.1. The molecule has 1 aromatic heterocycles. The molecule has 0 bridgehead atoms. The average molecular weight is 373 g/mol. The molecule has 0 aliphatic rings. The van der Waals surface area contributed by atoms with E-state index >= 15 is 0 Å². The van der Waals surface area contributed by atoms with Gasteiger partial charge in [-0.1, -0.05) is 116 Å². The molecule has 0 aliphatic heterocycles. The van der Waals surface area contributed by atoms with Crippen molar-refractivity contribution in [3.8, 4) is 0 Å². The molecule has 0 atom stereocenters. The van der Waals surface area contributed by atoms with Gasteiger partial charge >= 0.3 is 0 Å². The van der Waals surface area contributed by atoms with Crippen LogP contribution in [0.4, 0.5) is 0 Å². The van der Waals surface area contributed by atoms with Gasteiger partial charge in [0.15, 0.2) is 18.6 Å². The second kappa shape index (κ2) is 19.6. The Balaban J connectivity index is 1.71. The number of nitrogens with zero attached hydrogens (tertiary/aromatic N) is 1. The van der Waals surface area contributed by atoms with E-state index in [-0.39, 0.29) is 0 Å². The van der Waals surface area contributed by atoms with Crippen LogP contribution < -0.4 is 4.57 Å². The van der Waals surface area contributed by atoms with Crippen molar-refractivity contribution >= 4 is 6.20 Å². The lowest BCUT2D eigenvalue weighted by Gasteiger charge is -2.03. The summed E-state index contributed by atoms with van der Waals surface area (Å²) in [7, 11) is 0. The van der Waals surface area contributed by atoms with Gasteiger partial charge < -0.3 is 0 Å². The quantitative estimate of drug-likeness (QED) is 0.169. The van der Waals surface area contributed by atoms with Crippen molar-refractivity contribution in [1.29, 1.82) is 0 Å². The predicted octanol–water partition coefficient (Wildman–Crippen LogP) is 8.49. The highest BCUT2D eigenvalue weighted by Crippen LogP contribution is 2.14. The van der Waals surface area contributed by atoms with E-state index in [4.69, 9.17) is 0 Å². The van der Waals surface area contributed by atoms with Crippen molar-refractivity contribution in [2.45, 2.75) is 122 Å². The molecule has 0 spiro atoms. The Labute approximate surface area is 170 Å². The summed E-state index contributed by atoms with van der Waals surface area (Å²) in [6.07, 6.45) is 34.4. The summed E-state index contributed by atoms with van der Waals surface area (Å²) in [6, 6.07) is 6.20. The second-order valence-electron chi connectivity index (χ2n) is 8.15. The zero-order valence-electron chi connectivity index (χ0n) is 18.2. The molecule has 0 N–H and O–H groups in total. The van der Waals surface area contributed by atoms with Crippen LogP contribution in [-0.2, 0) is 0 Å². The standard InChI is InChI=1S/C26H46N/c1-2-3-4-5-6-7-8-9-10-11-12-13-14-15-16-17-18-19-21-24-27-25-22-20-23-26-27/h20-26H,2-19H2,1H3/q+1. The first-order chi connectivity index (χ1) is 13.4. The summed E-state index contributed by atoms with van der Waals surface area (Å²) in [5.74, 6) is 0. The van der Waals surface area contributed by atoms with Crippen LogP contribution in [0.25, 0.3) is 6.20 Å². The van der Waals surface area contributed by atoms with Gasteiger partial charge in [-0.2, -0.15) is 4.57 Å². The minimum Gasteiger partial charge on any atom is -0.174 e. The maximum Gasteiger partial charge on any atom is 0.174 e. The van der Waals surface area contributed by atoms with E-state index in [2.05, 4.69) is 54.4 Å². The zero-order valence-corrected chi connectivity index (χ0v) is 18.2. The number of allylic oxidation sites excluding steroid dienone is 1. The summed E-state index contributed by atoms with van der Waals surface area (Å²) < 4.78 is 2.12. The summed E-state index contributed by atoms with van der Waals surface area (Å²) in [5, 5.41) is 0. The van der Waals surface area contributed by atoms with E-state index in [1.165, 1.54) is 116 Å². The van der Waals surface area contributed by atoms with Crippen LogP contribution in [0.15, 0.2) is 36.7 Å². The molecule has 0 saturated carbocycles. The Morgan fingerprint density at radius 1 is 0.519 bits per heavy atom. The van der Waals surface area contributed by atoms with Crippen LogP contribution in [0.1, 0.15) is 122 Å². The number of pyridine rings is 1. The molecule has 0 saturated heterocycles. The molecular formula is C26H46N+. The van der Waals surface area contributed by atoms with Gasteiger partial charge in [-0.25, -0.2) is 0 Å². The van der Waals surface area contributed by atoms with Crippen LogP contribution >= 0.6 is 0 Å². The largest absolute Gasteiger partial charge is 0.174 e. The van der Waals surface area contributed by atoms with Gasteiger partial charge in [0.05, 0.1) is 0 Å². The van der Waals surface area contributed by atoms with Gasteiger partial charge in [-0.15, -0.1) is 0 Å². The fraction of sp³-hybridized carbons (Fsp3) is 0.731. The number of hydrogen-bond donors (Lipinski definition) is 0. The maximum atomic E-state index is 2.30. The SMILES string of the molecule is CCCCCCCCCCCCCCCCCCCC=C[n+]1ccccc1. The fourth-order valence-electron chi connectivity index (χ4n) is 3.69. The Morgan fingerprint density at radius 3 is 1.37 bits per heavy atom. The predicted molar refractivity (Wildman–Crippen MR) is 121 cm³/mol. The van der Waals surface area contributed by atoms with E-state index in [1.54, 1.807) is 0 Å². The first kappa shape index (κ1) is 23.9. The minimum absolute atomic E-state index is 1.21. The monoisotopic (exact) mass is 372 g/mol. The Hall–Kier alpha value is -1.11. The zero-order chi connectivity index (χ0) is 19.3. The third-order valence-corrected chi connectivity index (χ3v) is 5.49. The number of aromatic nitrogens is 1. The normalized spacial score (nSPS) is 11.4. The topological polar surface area (TPSA) is 3.88 Å². The average Bonchev–Trinajstić information content (AvgIpc) is 2.70. The van der Waals surface area contributed by atoms with Crippen molar-refractivity contribution < 1.29 is 4.57 Å². The lowest BCUT2D eigenvalue weighted by atomic mass is 10.0. The van der Waals surface area contributed by atoms with Crippen LogP contribution in [0.5, 0.6) is 0 Å². The molecular weight excluding hydrogens is 326 g/mol. The number of hydrogen-bond acceptors (Lipinski definition) is 0. The van der Waals surface area contributed by atoms with Crippen molar-refractivity contribution in [2.75, 3.05) is 0 Å². The van der Waals surface area contributed by atoms with E-state index in [9.17, 15) is 0 Å². The highest BCUT2D eigenvalue weighted by Gasteiger charge is 1.95. The molecule has 1 heteroatoms. The number of unbranched alkanes of at least 4 members (excludes halogenated alkanes) is 17. The molecule has 0 aromatic carbocycles. The second-order valence-corrected chi connectivity index (χ2v) is 8.15. The Kier molecular flexibility index (Phi) is 17.4. The van der Waals surface area contributed by atoms with Crippen molar-refractivity contribution in [2.24, 2.45) is 0 Å². The molecule has 0 amide bonds. The molecule has 1 rings (SSSR count). The van der Waals surface area contributed by atoms with Crippen molar-refractivity contribution in [1.82, 2.24) is 0 Å². The number of rotatable bonds is 19. The Morgan fingerprint density at radius 2 is 0.926 bits per heavy atom.